The molecule has 0 bridgehead atoms. The molecule has 4 rings (SSSR count). The van der Waals surface area contributed by atoms with Gasteiger partial charge >= 0.3 is 0 Å². The second-order valence-corrected chi connectivity index (χ2v) is 9.55. The van der Waals surface area contributed by atoms with Crippen LogP contribution in [0.1, 0.15) is 35.3 Å². The molecule has 3 aromatic carbocycles. The molecule has 8 heteroatoms. The molecule has 4 aromatic rings. The molecule has 2 N–H and O–H groups in total. The molecule has 0 atom stereocenters. The number of amides is 1. The molecule has 0 radical (unpaired) electrons. The molecule has 0 aliphatic rings. The number of likely N-dealkylation sites (N-methyl/N-ethyl adjacent to an activating group) is 1. The van der Waals surface area contributed by atoms with Crippen LogP contribution in [-0.2, 0) is 11.2 Å². The molecular formula is C33H38N4O4. The summed E-state index contributed by atoms with van der Waals surface area (Å²) in [6.07, 6.45) is 3.79. The van der Waals surface area contributed by atoms with Crippen molar-refractivity contribution in [3.8, 4) is 11.5 Å². The van der Waals surface area contributed by atoms with Gasteiger partial charge in [-0.2, -0.15) is 0 Å². The first-order valence-corrected chi connectivity index (χ1v) is 13.9. The van der Waals surface area contributed by atoms with E-state index >= 15 is 0 Å². The summed E-state index contributed by atoms with van der Waals surface area (Å²) in [7, 11) is 1.57. The molecule has 0 fully saturated rings. The Kier molecular flexibility index (Phi) is 10.7. The van der Waals surface area contributed by atoms with Gasteiger partial charge in [0.15, 0.2) is 6.79 Å². The van der Waals surface area contributed by atoms with E-state index in [1.165, 1.54) is 0 Å². The average molecular weight is 555 g/mol. The topological polar surface area (TPSA) is 87.2 Å². The summed E-state index contributed by atoms with van der Waals surface area (Å²) >= 11 is 0. The van der Waals surface area contributed by atoms with Crippen molar-refractivity contribution in [3.63, 3.8) is 0 Å². The number of methoxy groups -OCH3 is 1. The fraction of sp³-hybridized carbons (Fsp3) is 0.273. The number of aromatic nitrogens is 1. The highest BCUT2D eigenvalue weighted by atomic mass is 16.7. The summed E-state index contributed by atoms with van der Waals surface area (Å²) in [6.45, 7) is 7.39. The Hall–Kier alpha value is -4.40. The number of benzene rings is 3. The molecule has 214 valence electrons. The molecule has 0 aliphatic carbocycles. The lowest BCUT2D eigenvalue weighted by Gasteiger charge is -2.27. The summed E-state index contributed by atoms with van der Waals surface area (Å²) in [6, 6.07) is 24.5. The van der Waals surface area contributed by atoms with E-state index in [0.717, 1.165) is 30.9 Å². The molecule has 0 saturated carbocycles. The van der Waals surface area contributed by atoms with Crippen LogP contribution < -0.4 is 15.0 Å². The number of carbonyl (C=O) groups is 1. The smallest absolute Gasteiger partial charge is 0.258 e. The van der Waals surface area contributed by atoms with Crippen LogP contribution in [0.25, 0.3) is 0 Å². The standard InChI is InChI=1S/C33H38N4O4/c1-4-36(5-2)20-21-37(27-12-9-19-34-23-27)33(39)29-17-18-31(32(38)30(29)22-25-10-7-6-8-11-25)35-26-13-15-28(16-14-26)41-24-40-3/h6-19,23,35,38H,4-5,20-22,24H2,1-3H3. The van der Waals surface area contributed by atoms with Crippen LogP contribution in [0.3, 0.4) is 0 Å². The Morgan fingerprint density at radius 3 is 2.34 bits per heavy atom. The van der Waals surface area contributed by atoms with Crippen LogP contribution in [0, 0.1) is 0 Å². The largest absolute Gasteiger partial charge is 0.505 e. The highest BCUT2D eigenvalue weighted by Crippen LogP contribution is 2.36. The van der Waals surface area contributed by atoms with Crippen LogP contribution >= 0.6 is 0 Å². The van der Waals surface area contributed by atoms with Crippen molar-refractivity contribution in [2.75, 3.05) is 50.3 Å². The summed E-state index contributed by atoms with van der Waals surface area (Å²) in [5.74, 6) is 0.527. The Bertz CT molecular complexity index is 1380. The van der Waals surface area contributed by atoms with Crippen molar-refractivity contribution in [2.45, 2.75) is 20.3 Å². The van der Waals surface area contributed by atoms with E-state index < -0.39 is 0 Å². The molecule has 0 spiro atoms. The number of pyridine rings is 1. The molecule has 1 heterocycles. The lowest BCUT2D eigenvalue weighted by molar-refractivity contribution is 0.0511. The number of rotatable bonds is 14. The van der Waals surface area contributed by atoms with Gasteiger partial charge in [-0.25, -0.2) is 0 Å². The molecule has 41 heavy (non-hydrogen) atoms. The fourth-order valence-electron chi connectivity index (χ4n) is 4.62. The Balaban J connectivity index is 1.70. The zero-order chi connectivity index (χ0) is 29.0. The van der Waals surface area contributed by atoms with Gasteiger partial charge in [0.05, 0.1) is 17.6 Å². The number of phenols is 1. The number of nitrogens with zero attached hydrogens (tertiary/aromatic N) is 3. The van der Waals surface area contributed by atoms with Gasteiger partial charge in [-0.05, 0) is 67.2 Å². The molecule has 0 aliphatic heterocycles. The number of nitrogens with one attached hydrogen (secondary N) is 1. The minimum Gasteiger partial charge on any atom is -0.505 e. The molecule has 1 amide bonds. The van der Waals surface area contributed by atoms with Crippen LogP contribution in [0.5, 0.6) is 11.5 Å². The fourth-order valence-corrected chi connectivity index (χ4v) is 4.62. The highest BCUT2D eigenvalue weighted by molar-refractivity contribution is 6.08. The first kappa shape index (κ1) is 29.6. The first-order valence-electron chi connectivity index (χ1n) is 13.9. The van der Waals surface area contributed by atoms with E-state index in [1.807, 2.05) is 66.7 Å². The van der Waals surface area contributed by atoms with Gasteiger partial charge < -0.3 is 29.7 Å². The zero-order valence-corrected chi connectivity index (χ0v) is 23.9. The maximum atomic E-state index is 14.2. The first-order chi connectivity index (χ1) is 20.0. The number of hydrogen-bond acceptors (Lipinski definition) is 7. The van der Waals surface area contributed by atoms with Crippen molar-refractivity contribution in [1.82, 2.24) is 9.88 Å². The predicted molar refractivity (Wildman–Crippen MR) is 163 cm³/mol. The SMILES string of the molecule is CCN(CC)CCN(C(=O)c1ccc(Nc2ccc(OCOC)cc2)c(O)c1Cc1ccccc1)c1cccnc1. The molecular weight excluding hydrogens is 516 g/mol. The number of ether oxygens (including phenoxy) is 2. The Labute approximate surface area is 242 Å². The maximum Gasteiger partial charge on any atom is 0.258 e. The van der Waals surface area contributed by atoms with Crippen molar-refractivity contribution in [1.29, 1.82) is 0 Å². The lowest BCUT2D eigenvalue weighted by Crippen LogP contribution is -2.39. The number of anilines is 3. The van der Waals surface area contributed by atoms with Gasteiger partial charge in [0.2, 0.25) is 0 Å². The number of phenolic OH excluding ortho intramolecular Hbond substituents is 1. The van der Waals surface area contributed by atoms with Crippen molar-refractivity contribution in [2.24, 2.45) is 0 Å². The third kappa shape index (κ3) is 7.84. The molecule has 0 unspecified atom stereocenters. The number of carbonyl (C=O) groups excluding carboxylic acids is 1. The summed E-state index contributed by atoms with van der Waals surface area (Å²) in [5.41, 5.74) is 3.99. The van der Waals surface area contributed by atoms with Crippen molar-refractivity contribution >= 4 is 23.0 Å². The second-order valence-electron chi connectivity index (χ2n) is 9.55. The van der Waals surface area contributed by atoms with E-state index in [2.05, 4.69) is 29.0 Å². The zero-order valence-electron chi connectivity index (χ0n) is 23.9. The van der Waals surface area contributed by atoms with Gasteiger partial charge in [0, 0.05) is 49.6 Å². The van der Waals surface area contributed by atoms with E-state index in [9.17, 15) is 9.90 Å². The van der Waals surface area contributed by atoms with Gasteiger partial charge in [0.1, 0.15) is 11.5 Å². The minimum atomic E-state index is -0.183. The van der Waals surface area contributed by atoms with E-state index in [0.29, 0.717) is 41.2 Å². The number of hydrogen-bond donors (Lipinski definition) is 2. The Morgan fingerprint density at radius 1 is 0.927 bits per heavy atom. The normalized spacial score (nSPS) is 10.9. The van der Waals surface area contributed by atoms with Gasteiger partial charge in [0.25, 0.3) is 5.91 Å². The summed E-state index contributed by atoms with van der Waals surface area (Å²) in [4.78, 5) is 22.5. The molecule has 8 nitrogen and oxygen atoms in total. The third-order valence-corrected chi connectivity index (χ3v) is 6.95. The van der Waals surface area contributed by atoms with Crippen molar-refractivity contribution < 1.29 is 19.4 Å². The van der Waals surface area contributed by atoms with Gasteiger partial charge in [-0.1, -0.05) is 44.2 Å². The third-order valence-electron chi connectivity index (χ3n) is 6.95. The molecule has 0 saturated heterocycles. The lowest BCUT2D eigenvalue weighted by atomic mass is 9.96. The predicted octanol–water partition coefficient (Wildman–Crippen LogP) is 6.09. The van der Waals surface area contributed by atoms with E-state index in [1.54, 1.807) is 36.5 Å². The number of aromatic hydroxyl groups is 1. The van der Waals surface area contributed by atoms with Crippen LogP contribution in [0.15, 0.2) is 91.3 Å². The van der Waals surface area contributed by atoms with E-state index in [-0.39, 0.29) is 18.4 Å². The van der Waals surface area contributed by atoms with Crippen LogP contribution in [0.2, 0.25) is 0 Å². The maximum absolute atomic E-state index is 14.2. The highest BCUT2D eigenvalue weighted by Gasteiger charge is 2.24. The summed E-state index contributed by atoms with van der Waals surface area (Å²) < 4.78 is 10.4. The van der Waals surface area contributed by atoms with E-state index in [4.69, 9.17) is 9.47 Å². The van der Waals surface area contributed by atoms with Crippen LogP contribution in [-0.4, -0.2) is 61.0 Å². The summed E-state index contributed by atoms with van der Waals surface area (Å²) in [5, 5.41) is 14.8. The van der Waals surface area contributed by atoms with Gasteiger partial charge in [-0.15, -0.1) is 0 Å². The van der Waals surface area contributed by atoms with Gasteiger partial charge in [-0.3, -0.25) is 9.78 Å². The second kappa shape index (κ2) is 14.8. The van der Waals surface area contributed by atoms with Crippen molar-refractivity contribution in [3.05, 3.63) is 108 Å². The Morgan fingerprint density at radius 2 is 1.68 bits per heavy atom. The minimum absolute atomic E-state index is 0.0364. The average Bonchev–Trinajstić information content (AvgIpc) is 3.02. The quantitative estimate of drug-likeness (QED) is 0.144. The molecule has 1 aromatic heterocycles. The monoisotopic (exact) mass is 554 g/mol. The van der Waals surface area contributed by atoms with Crippen LogP contribution in [0.4, 0.5) is 17.1 Å².